The topological polar surface area (TPSA) is 24.2 Å². The van der Waals surface area contributed by atoms with Crippen molar-refractivity contribution in [3.8, 4) is 0 Å². The molecule has 0 unspecified atom stereocenters. The molecule has 0 spiro atoms. The number of aromatic nitrogens is 1. The second kappa shape index (κ2) is 5.45. The zero-order valence-corrected chi connectivity index (χ0v) is 10.7. The lowest BCUT2D eigenvalue weighted by Crippen LogP contribution is -2.50. The number of nitrogens with zero attached hydrogens (tertiary/aromatic N) is 2. The standard InChI is InChI=1S/C15H17N2O/c1-3-13-9-11-17(12-10-13)15(18)16(2)14-7-5-4-6-8-14/h4-12H,3H2,1-2H3/q+1. The molecule has 3 nitrogen and oxygen atoms in total. The van der Waals surface area contributed by atoms with E-state index in [4.69, 9.17) is 0 Å². The molecule has 0 bridgehead atoms. The molecule has 92 valence electrons. The maximum Gasteiger partial charge on any atom is 0.502 e. The number of pyridine rings is 1. The Balaban J connectivity index is 2.20. The van der Waals surface area contributed by atoms with Crippen LogP contribution in [0.2, 0.25) is 0 Å². The number of anilines is 1. The Labute approximate surface area is 107 Å². The van der Waals surface area contributed by atoms with Crippen LogP contribution >= 0.6 is 0 Å². The summed E-state index contributed by atoms with van der Waals surface area (Å²) in [6, 6.07) is 13.5. The predicted octanol–water partition coefficient (Wildman–Crippen LogP) is 2.64. The summed E-state index contributed by atoms with van der Waals surface area (Å²) < 4.78 is 1.59. The highest BCUT2D eigenvalue weighted by molar-refractivity contribution is 5.84. The van der Waals surface area contributed by atoms with E-state index in [9.17, 15) is 4.79 Å². The van der Waals surface area contributed by atoms with Crippen LogP contribution in [0.15, 0.2) is 54.9 Å². The third-order valence-corrected chi connectivity index (χ3v) is 2.96. The number of hydrogen-bond donors (Lipinski definition) is 0. The van der Waals surface area contributed by atoms with Crippen molar-refractivity contribution in [1.29, 1.82) is 0 Å². The number of para-hydroxylation sites is 1. The number of amides is 1. The van der Waals surface area contributed by atoms with Gasteiger partial charge in [0.25, 0.3) is 0 Å². The predicted molar refractivity (Wildman–Crippen MR) is 71.7 cm³/mol. The van der Waals surface area contributed by atoms with Gasteiger partial charge in [-0.05, 0) is 36.2 Å². The van der Waals surface area contributed by atoms with E-state index in [1.54, 1.807) is 28.9 Å². The second-order valence-corrected chi connectivity index (χ2v) is 4.14. The SMILES string of the molecule is CCc1cc[n+](C(=O)N(C)c2ccccc2)cc1. The van der Waals surface area contributed by atoms with Crippen molar-refractivity contribution in [1.82, 2.24) is 0 Å². The van der Waals surface area contributed by atoms with Crippen molar-refractivity contribution in [3.63, 3.8) is 0 Å². The van der Waals surface area contributed by atoms with Crippen LogP contribution in [-0.4, -0.2) is 13.1 Å². The first-order chi connectivity index (χ1) is 8.72. The van der Waals surface area contributed by atoms with E-state index in [1.165, 1.54) is 5.56 Å². The average Bonchev–Trinajstić information content (AvgIpc) is 2.47. The molecule has 2 rings (SSSR count). The Bertz CT molecular complexity index is 520. The van der Waals surface area contributed by atoms with Gasteiger partial charge in [0, 0.05) is 0 Å². The molecule has 0 aliphatic heterocycles. The maximum atomic E-state index is 12.2. The Morgan fingerprint density at radius 1 is 1.11 bits per heavy atom. The lowest BCUT2D eigenvalue weighted by molar-refractivity contribution is -0.569. The number of hydrogen-bond acceptors (Lipinski definition) is 1. The molecule has 0 radical (unpaired) electrons. The van der Waals surface area contributed by atoms with Crippen LogP contribution in [0.4, 0.5) is 10.5 Å². The average molecular weight is 241 g/mol. The minimum absolute atomic E-state index is 0.0659. The number of carbonyl (C=O) groups is 1. The van der Waals surface area contributed by atoms with Crippen LogP contribution < -0.4 is 9.47 Å². The summed E-state index contributed by atoms with van der Waals surface area (Å²) in [4.78, 5) is 13.9. The normalized spacial score (nSPS) is 10.1. The van der Waals surface area contributed by atoms with Gasteiger partial charge < -0.3 is 0 Å². The van der Waals surface area contributed by atoms with E-state index < -0.39 is 0 Å². The summed E-state index contributed by atoms with van der Waals surface area (Å²) in [5, 5.41) is 0. The van der Waals surface area contributed by atoms with Gasteiger partial charge in [0.15, 0.2) is 0 Å². The molecule has 0 aliphatic rings. The van der Waals surface area contributed by atoms with Gasteiger partial charge >= 0.3 is 6.03 Å². The Kier molecular flexibility index (Phi) is 3.72. The van der Waals surface area contributed by atoms with Crippen molar-refractivity contribution in [2.75, 3.05) is 11.9 Å². The quantitative estimate of drug-likeness (QED) is 0.742. The Morgan fingerprint density at radius 2 is 1.72 bits per heavy atom. The van der Waals surface area contributed by atoms with Crippen LogP contribution in [-0.2, 0) is 6.42 Å². The first-order valence-electron chi connectivity index (χ1n) is 6.05. The molecule has 1 aromatic carbocycles. The van der Waals surface area contributed by atoms with Gasteiger partial charge in [0.1, 0.15) is 5.69 Å². The van der Waals surface area contributed by atoms with E-state index in [2.05, 4.69) is 6.92 Å². The van der Waals surface area contributed by atoms with Crippen molar-refractivity contribution in [2.24, 2.45) is 0 Å². The van der Waals surface area contributed by atoms with Crippen LogP contribution in [0.5, 0.6) is 0 Å². The highest BCUT2D eigenvalue weighted by Gasteiger charge is 2.21. The van der Waals surface area contributed by atoms with Gasteiger partial charge in [0.2, 0.25) is 0 Å². The second-order valence-electron chi connectivity index (χ2n) is 4.14. The summed E-state index contributed by atoms with van der Waals surface area (Å²) in [7, 11) is 1.78. The summed E-state index contributed by atoms with van der Waals surface area (Å²) in [6.07, 6.45) is 4.59. The minimum atomic E-state index is -0.0659. The highest BCUT2D eigenvalue weighted by atomic mass is 16.2. The largest absolute Gasteiger partial charge is 0.502 e. The molecule has 3 heteroatoms. The number of benzene rings is 1. The molecular formula is C15H17N2O+. The molecule has 0 saturated heterocycles. The van der Waals surface area contributed by atoms with Gasteiger partial charge in [-0.3, -0.25) is 0 Å². The molecule has 1 amide bonds. The molecule has 1 heterocycles. The fourth-order valence-corrected chi connectivity index (χ4v) is 1.76. The zero-order chi connectivity index (χ0) is 13.0. The van der Waals surface area contributed by atoms with Gasteiger partial charge in [-0.2, -0.15) is 14.3 Å². The molecule has 18 heavy (non-hydrogen) atoms. The molecule has 0 atom stereocenters. The maximum absolute atomic E-state index is 12.2. The number of rotatable bonds is 2. The molecule has 0 saturated carbocycles. The molecule has 0 aliphatic carbocycles. The lowest BCUT2D eigenvalue weighted by Gasteiger charge is -2.09. The number of aryl methyl sites for hydroxylation is 1. The fourth-order valence-electron chi connectivity index (χ4n) is 1.76. The minimum Gasteiger partial charge on any atom is -0.196 e. The van der Waals surface area contributed by atoms with Crippen molar-refractivity contribution in [3.05, 3.63) is 60.4 Å². The van der Waals surface area contributed by atoms with E-state index in [1.807, 2.05) is 42.5 Å². The van der Waals surface area contributed by atoms with Gasteiger partial charge in [-0.25, -0.2) is 0 Å². The zero-order valence-electron chi connectivity index (χ0n) is 10.7. The Hall–Kier alpha value is -2.16. The number of carbonyl (C=O) groups excluding carboxylic acids is 1. The summed E-state index contributed by atoms with van der Waals surface area (Å²) >= 11 is 0. The Morgan fingerprint density at radius 3 is 2.28 bits per heavy atom. The third-order valence-electron chi connectivity index (χ3n) is 2.96. The van der Waals surface area contributed by atoms with Crippen LogP contribution in [0, 0.1) is 0 Å². The highest BCUT2D eigenvalue weighted by Crippen LogP contribution is 2.10. The fraction of sp³-hybridized carbons (Fsp3) is 0.200. The third kappa shape index (κ3) is 2.56. The molecule has 0 N–H and O–H groups in total. The van der Waals surface area contributed by atoms with Crippen molar-refractivity contribution < 1.29 is 9.36 Å². The molecule has 2 aromatic rings. The molecular weight excluding hydrogens is 224 g/mol. The van der Waals surface area contributed by atoms with E-state index in [0.29, 0.717) is 0 Å². The van der Waals surface area contributed by atoms with Crippen molar-refractivity contribution >= 4 is 11.7 Å². The smallest absolute Gasteiger partial charge is 0.196 e. The van der Waals surface area contributed by atoms with Crippen LogP contribution in [0.1, 0.15) is 12.5 Å². The van der Waals surface area contributed by atoms with E-state index >= 15 is 0 Å². The monoisotopic (exact) mass is 241 g/mol. The van der Waals surface area contributed by atoms with Crippen LogP contribution in [0.25, 0.3) is 0 Å². The van der Waals surface area contributed by atoms with E-state index in [-0.39, 0.29) is 6.03 Å². The van der Waals surface area contributed by atoms with Gasteiger partial charge in [-0.15, -0.1) is 0 Å². The van der Waals surface area contributed by atoms with E-state index in [0.717, 1.165) is 12.1 Å². The summed E-state index contributed by atoms with van der Waals surface area (Å²) in [6.45, 7) is 2.09. The first-order valence-corrected chi connectivity index (χ1v) is 6.05. The van der Waals surface area contributed by atoms with Crippen LogP contribution in [0.3, 0.4) is 0 Å². The van der Waals surface area contributed by atoms with Crippen molar-refractivity contribution in [2.45, 2.75) is 13.3 Å². The molecule has 0 fully saturated rings. The first kappa shape index (κ1) is 12.3. The lowest BCUT2D eigenvalue weighted by atomic mass is 10.2. The van der Waals surface area contributed by atoms with Gasteiger partial charge in [0.05, 0.1) is 19.4 Å². The van der Waals surface area contributed by atoms with Gasteiger partial charge in [-0.1, -0.05) is 25.1 Å². The molecule has 1 aromatic heterocycles. The summed E-state index contributed by atoms with van der Waals surface area (Å²) in [5.74, 6) is 0. The summed E-state index contributed by atoms with van der Waals surface area (Å²) in [5.41, 5.74) is 2.11.